The Hall–Kier alpha value is -1.81. The molecule has 0 aromatic heterocycles. The molecule has 25 heavy (non-hydrogen) atoms. The van der Waals surface area contributed by atoms with Gasteiger partial charge in [0.15, 0.2) is 5.78 Å². The number of benzene rings is 1. The maximum absolute atomic E-state index is 13.3. The molecule has 0 spiro atoms. The van der Waals surface area contributed by atoms with E-state index in [1.54, 1.807) is 6.07 Å². The van der Waals surface area contributed by atoms with E-state index in [1.807, 2.05) is 27.5 Å². The number of allylic oxidation sites excluding steroid dienone is 1. The third-order valence-electron chi connectivity index (χ3n) is 3.84. The number of halogens is 2. The van der Waals surface area contributed by atoms with Crippen molar-refractivity contribution in [1.82, 2.24) is 4.90 Å². The van der Waals surface area contributed by atoms with Crippen LogP contribution in [0.1, 0.15) is 12.8 Å². The Balaban J connectivity index is 1.65. The van der Waals surface area contributed by atoms with Crippen LogP contribution in [0, 0.1) is 9.39 Å². The van der Waals surface area contributed by atoms with Crippen molar-refractivity contribution < 1.29 is 18.7 Å². The number of aliphatic imine (C=N–C) groups is 1. The van der Waals surface area contributed by atoms with E-state index >= 15 is 0 Å². The molecule has 0 saturated carbocycles. The molecule has 0 atom stereocenters. The molecule has 8 heteroatoms. The minimum atomic E-state index is -0.332. The molecular formula is C17H17FIN3O3. The van der Waals surface area contributed by atoms with Crippen LogP contribution in [0.15, 0.2) is 35.1 Å². The molecule has 0 unspecified atom stereocenters. The molecule has 1 saturated heterocycles. The number of nitrogens with zero attached hydrogens (tertiary/aromatic N) is 2. The van der Waals surface area contributed by atoms with Gasteiger partial charge in [-0.25, -0.2) is 9.38 Å². The number of nitrogens with one attached hydrogen (secondary N) is 1. The van der Waals surface area contributed by atoms with Crippen LogP contribution in [0.5, 0.6) is 0 Å². The highest BCUT2D eigenvalue weighted by atomic mass is 127. The van der Waals surface area contributed by atoms with E-state index in [0.717, 1.165) is 0 Å². The minimum absolute atomic E-state index is 0.0291. The maximum Gasteiger partial charge on any atom is 0.230 e. The number of carbonyl (C=O) groups excluding carboxylic acids is 2. The lowest BCUT2D eigenvalue weighted by molar-refractivity contribution is -0.115. The lowest BCUT2D eigenvalue weighted by Gasteiger charge is -2.30. The van der Waals surface area contributed by atoms with Crippen molar-refractivity contribution in [3.63, 3.8) is 0 Å². The van der Waals surface area contributed by atoms with Crippen molar-refractivity contribution in [3.05, 3.63) is 39.5 Å². The van der Waals surface area contributed by atoms with Gasteiger partial charge in [0.2, 0.25) is 5.91 Å². The van der Waals surface area contributed by atoms with Gasteiger partial charge in [0.05, 0.1) is 23.2 Å². The summed E-state index contributed by atoms with van der Waals surface area (Å²) >= 11 is 1.86. The first-order chi connectivity index (χ1) is 12.0. The standard InChI is InChI=1S/C17H17FIN3O3/c18-14-2-1-11(8-15(14)19)21-17(24)9-12-7-13(23)10-16(20-12)22-3-5-25-6-4-22/h1-2,8,10H,3-7,9H2,(H,21,24). The molecular weight excluding hydrogens is 440 g/mol. The van der Waals surface area contributed by atoms with E-state index in [4.69, 9.17) is 4.74 Å². The number of rotatable bonds is 4. The lowest BCUT2D eigenvalue weighted by Crippen LogP contribution is -2.36. The van der Waals surface area contributed by atoms with Crippen molar-refractivity contribution in [1.29, 1.82) is 0 Å². The van der Waals surface area contributed by atoms with Crippen LogP contribution >= 0.6 is 22.6 Å². The molecule has 1 fully saturated rings. The molecule has 2 aliphatic heterocycles. The van der Waals surface area contributed by atoms with Crippen molar-refractivity contribution in [3.8, 4) is 0 Å². The fraction of sp³-hybridized carbons (Fsp3) is 0.353. The van der Waals surface area contributed by atoms with Crippen LogP contribution in [0.25, 0.3) is 0 Å². The summed E-state index contributed by atoms with van der Waals surface area (Å²) in [5, 5.41) is 2.71. The van der Waals surface area contributed by atoms with Gasteiger partial charge in [-0.2, -0.15) is 0 Å². The molecule has 0 bridgehead atoms. The summed E-state index contributed by atoms with van der Waals surface area (Å²) < 4.78 is 19.0. The molecule has 2 aliphatic rings. The second-order valence-electron chi connectivity index (χ2n) is 5.78. The van der Waals surface area contributed by atoms with Gasteiger partial charge in [0, 0.05) is 37.0 Å². The minimum Gasteiger partial charge on any atom is -0.378 e. The van der Waals surface area contributed by atoms with Crippen LogP contribution in [-0.4, -0.2) is 48.6 Å². The number of morpholine rings is 1. The van der Waals surface area contributed by atoms with Gasteiger partial charge in [0.1, 0.15) is 11.6 Å². The van der Waals surface area contributed by atoms with E-state index in [-0.39, 0.29) is 30.3 Å². The van der Waals surface area contributed by atoms with Gasteiger partial charge < -0.3 is 15.0 Å². The van der Waals surface area contributed by atoms with E-state index in [0.29, 0.717) is 47.1 Å². The molecule has 1 aromatic rings. The molecule has 0 aliphatic carbocycles. The normalized spacial score (nSPS) is 17.8. The predicted molar refractivity (Wildman–Crippen MR) is 99.9 cm³/mol. The smallest absolute Gasteiger partial charge is 0.230 e. The molecule has 1 N–H and O–H groups in total. The zero-order valence-electron chi connectivity index (χ0n) is 13.4. The molecule has 6 nitrogen and oxygen atoms in total. The predicted octanol–water partition coefficient (Wildman–Crippen LogP) is 2.35. The highest BCUT2D eigenvalue weighted by molar-refractivity contribution is 14.1. The van der Waals surface area contributed by atoms with Crippen molar-refractivity contribution in [2.45, 2.75) is 12.8 Å². The Morgan fingerprint density at radius 1 is 1.36 bits per heavy atom. The lowest BCUT2D eigenvalue weighted by atomic mass is 10.1. The zero-order chi connectivity index (χ0) is 17.8. The summed E-state index contributed by atoms with van der Waals surface area (Å²) in [6, 6.07) is 4.36. The molecule has 2 heterocycles. The number of ether oxygens (including phenoxy) is 1. The number of anilines is 1. The number of amides is 1. The molecule has 3 rings (SSSR count). The summed E-state index contributed by atoms with van der Waals surface area (Å²) in [7, 11) is 0. The second kappa shape index (κ2) is 8.05. The SMILES string of the molecule is O=C1C=C(N2CCOCC2)N=C(CC(=O)Nc2ccc(F)c(I)c2)C1. The average molecular weight is 457 g/mol. The second-order valence-corrected chi connectivity index (χ2v) is 6.94. The van der Waals surface area contributed by atoms with Crippen LogP contribution in [-0.2, 0) is 14.3 Å². The largest absolute Gasteiger partial charge is 0.378 e. The van der Waals surface area contributed by atoms with E-state index in [9.17, 15) is 14.0 Å². The third kappa shape index (κ3) is 4.85. The first-order valence-corrected chi connectivity index (χ1v) is 8.98. The highest BCUT2D eigenvalue weighted by Crippen LogP contribution is 2.19. The Bertz CT molecular complexity index is 758. The first-order valence-electron chi connectivity index (χ1n) is 7.90. The Labute approximate surface area is 158 Å². The molecule has 1 amide bonds. The van der Waals surface area contributed by atoms with E-state index in [2.05, 4.69) is 10.3 Å². The number of carbonyl (C=O) groups is 2. The van der Waals surface area contributed by atoms with Crippen molar-refractivity contribution >= 4 is 45.7 Å². The molecule has 0 radical (unpaired) electrons. The molecule has 1 aromatic carbocycles. The Morgan fingerprint density at radius 3 is 2.84 bits per heavy atom. The third-order valence-corrected chi connectivity index (χ3v) is 4.67. The topological polar surface area (TPSA) is 71.0 Å². The first kappa shape index (κ1) is 18.0. The van der Waals surface area contributed by atoms with Crippen LogP contribution in [0.3, 0.4) is 0 Å². The van der Waals surface area contributed by atoms with E-state index < -0.39 is 0 Å². The summed E-state index contributed by atoms with van der Waals surface area (Å²) in [4.78, 5) is 30.6. The Morgan fingerprint density at radius 2 is 2.12 bits per heavy atom. The monoisotopic (exact) mass is 457 g/mol. The maximum atomic E-state index is 13.3. The van der Waals surface area contributed by atoms with Gasteiger partial charge >= 0.3 is 0 Å². The van der Waals surface area contributed by atoms with Crippen LogP contribution in [0.4, 0.5) is 10.1 Å². The number of hydrogen-bond donors (Lipinski definition) is 1. The molecule has 132 valence electrons. The fourth-order valence-electron chi connectivity index (χ4n) is 2.65. The quantitative estimate of drug-likeness (QED) is 0.705. The number of ketones is 1. The summed E-state index contributed by atoms with van der Waals surface area (Å²) in [5.41, 5.74) is 1.05. The van der Waals surface area contributed by atoms with Gasteiger partial charge in [0.25, 0.3) is 0 Å². The van der Waals surface area contributed by atoms with Gasteiger partial charge in [-0.1, -0.05) is 0 Å². The summed E-state index contributed by atoms with van der Waals surface area (Å²) in [6.45, 7) is 2.55. The highest BCUT2D eigenvalue weighted by Gasteiger charge is 2.21. The van der Waals surface area contributed by atoms with Gasteiger partial charge in [-0.3, -0.25) is 9.59 Å². The summed E-state index contributed by atoms with van der Waals surface area (Å²) in [6.07, 6.45) is 1.69. The van der Waals surface area contributed by atoms with Gasteiger partial charge in [-0.15, -0.1) is 0 Å². The number of hydrogen-bond acceptors (Lipinski definition) is 5. The average Bonchev–Trinajstić information content (AvgIpc) is 2.58. The Kier molecular flexibility index (Phi) is 5.79. The van der Waals surface area contributed by atoms with Crippen LogP contribution in [0.2, 0.25) is 0 Å². The summed E-state index contributed by atoms with van der Waals surface area (Å²) in [5.74, 6) is -0.0763. The fourth-order valence-corrected chi connectivity index (χ4v) is 3.17. The van der Waals surface area contributed by atoms with Crippen molar-refractivity contribution in [2.24, 2.45) is 4.99 Å². The zero-order valence-corrected chi connectivity index (χ0v) is 15.6. The van der Waals surface area contributed by atoms with Crippen molar-refractivity contribution in [2.75, 3.05) is 31.6 Å². The van der Waals surface area contributed by atoms with E-state index in [1.165, 1.54) is 18.2 Å². The van der Waals surface area contributed by atoms with Crippen LogP contribution < -0.4 is 5.32 Å². The van der Waals surface area contributed by atoms with Gasteiger partial charge in [-0.05, 0) is 40.8 Å².